The first-order chi connectivity index (χ1) is 12.0. The van der Waals surface area contributed by atoms with Crippen LogP contribution in [0.1, 0.15) is 26.4 Å². The lowest BCUT2D eigenvalue weighted by molar-refractivity contribution is 0.103. The fourth-order valence-electron chi connectivity index (χ4n) is 2.29. The molecule has 0 aliphatic rings. The molecule has 1 N–H and O–H groups in total. The predicted octanol–water partition coefficient (Wildman–Crippen LogP) is 5.34. The zero-order chi connectivity index (χ0) is 17.8. The zero-order valence-corrected chi connectivity index (χ0v) is 14.8. The van der Waals surface area contributed by atoms with Crippen LogP contribution in [0.4, 0.5) is 10.1 Å². The van der Waals surface area contributed by atoms with Crippen molar-refractivity contribution in [3.8, 4) is 5.75 Å². The number of hydrogen-bond acceptors (Lipinski definition) is 3. The summed E-state index contributed by atoms with van der Waals surface area (Å²) >= 11 is 1.31. The highest BCUT2D eigenvalue weighted by atomic mass is 32.1. The van der Waals surface area contributed by atoms with Gasteiger partial charge in [0.15, 0.2) is 0 Å². The lowest BCUT2D eigenvalue weighted by Gasteiger charge is -2.06. The standard InChI is InChI=1S/C20H18FNO2S/c1-13-3-6-16(7-4-13)24-11-15-10-19(25-12-15)20(23)22-18-9-14(2)5-8-17(18)21/h3-10,12H,11H2,1-2H3,(H,22,23). The molecule has 0 unspecified atom stereocenters. The monoisotopic (exact) mass is 355 g/mol. The largest absolute Gasteiger partial charge is 0.489 e. The van der Waals surface area contributed by atoms with Gasteiger partial charge in [-0.15, -0.1) is 11.3 Å². The maximum Gasteiger partial charge on any atom is 0.265 e. The second-order valence-corrected chi connectivity index (χ2v) is 6.77. The molecule has 5 heteroatoms. The fourth-order valence-corrected chi connectivity index (χ4v) is 3.08. The van der Waals surface area contributed by atoms with Crippen molar-refractivity contribution in [3.05, 3.63) is 81.3 Å². The molecule has 2 aromatic carbocycles. The van der Waals surface area contributed by atoms with E-state index in [0.29, 0.717) is 11.5 Å². The minimum absolute atomic E-state index is 0.191. The second kappa shape index (κ2) is 7.49. The van der Waals surface area contributed by atoms with Crippen LogP contribution in [0.2, 0.25) is 0 Å². The molecular formula is C20H18FNO2S. The van der Waals surface area contributed by atoms with Gasteiger partial charge in [-0.2, -0.15) is 0 Å². The topological polar surface area (TPSA) is 38.3 Å². The highest BCUT2D eigenvalue weighted by Crippen LogP contribution is 2.21. The van der Waals surface area contributed by atoms with Crippen molar-refractivity contribution in [3.63, 3.8) is 0 Å². The number of halogens is 1. The first-order valence-corrected chi connectivity index (χ1v) is 8.73. The number of hydrogen-bond donors (Lipinski definition) is 1. The van der Waals surface area contributed by atoms with Crippen LogP contribution in [0.15, 0.2) is 53.9 Å². The highest BCUT2D eigenvalue weighted by molar-refractivity contribution is 7.12. The van der Waals surface area contributed by atoms with Crippen LogP contribution in [-0.4, -0.2) is 5.91 Å². The molecule has 0 spiro atoms. The molecule has 0 bridgehead atoms. The number of benzene rings is 2. The summed E-state index contributed by atoms with van der Waals surface area (Å²) in [6.45, 7) is 4.25. The molecule has 3 rings (SSSR count). The van der Waals surface area contributed by atoms with Gasteiger partial charge in [-0.3, -0.25) is 4.79 Å². The minimum Gasteiger partial charge on any atom is -0.489 e. The van der Waals surface area contributed by atoms with Gasteiger partial charge in [0.05, 0.1) is 10.6 Å². The van der Waals surface area contributed by atoms with Crippen LogP contribution in [0, 0.1) is 19.7 Å². The molecule has 0 aliphatic heterocycles. The van der Waals surface area contributed by atoms with Gasteiger partial charge >= 0.3 is 0 Å². The minimum atomic E-state index is -0.446. The molecule has 3 aromatic rings. The van der Waals surface area contributed by atoms with E-state index in [9.17, 15) is 9.18 Å². The quantitative estimate of drug-likeness (QED) is 0.671. The van der Waals surface area contributed by atoms with Crippen LogP contribution in [0.25, 0.3) is 0 Å². The molecule has 0 fully saturated rings. The third-order valence-corrected chi connectivity index (χ3v) is 4.65. The van der Waals surface area contributed by atoms with Gasteiger partial charge in [0.25, 0.3) is 5.91 Å². The van der Waals surface area contributed by atoms with E-state index in [0.717, 1.165) is 16.9 Å². The van der Waals surface area contributed by atoms with Gasteiger partial charge in [0.2, 0.25) is 0 Å². The smallest absolute Gasteiger partial charge is 0.265 e. The maximum atomic E-state index is 13.8. The van der Waals surface area contributed by atoms with Crippen molar-refractivity contribution in [2.75, 3.05) is 5.32 Å². The number of thiophene rings is 1. The Morgan fingerprint density at radius 1 is 1.08 bits per heavy atom. The van der Waals surface area contributed by atoms with Gasteiger partial charge in [-0.05, 0) is 55.1 Å². The van der Waals surface area contributed by atoms with Gasteiger partial charge in [0, 0.05) is 5.56 Å². The molecule has 1 aromatic heterocycles. The number of carbonyl (C=O) groups is 1. The molecule has 1 heterocycles. The Kier molecular flexibility index (Phi) is 5.14. The van der Waals surface area contributed by atoms with E-state index in [2.05, 4.69) is 5.32 Å². The fraction of sp³-hybridized carbons (Fsp3) is 0.150. The molecule has 0 saturated carbocycles. The van der Waals surface area contributed by atoms with Crippen molar-refractivity contribution in [1.82, 2.24) is 0 Å². The Hall–Kier alpha value is -2.66. The van der Waals surface area contributed by atoms with Crippen molar-refractivity contribution in [1.29, 1.82) is 0 Å². The van der Waals surface area contributed by atoms with Crippen molar-refractivity contribution >= 4 is 22.9 Å². The summed E-state index contributed by atoms with van der Waals surface area (Å²) in [6.07, 6.45) is 0. The molecule has 25 heavy (non-hydrogen) atoms. The Morgan fingerprint density at radius 2 is 1.80 bits per heavy atom. The Bertz CT molecular complexity index is 887. The first-order valence-electron chi connectivity index (χ1n) is 7.85. The molecule has 1 amide bonds. The van der Waals surface area contributed by atoms with E-state index >= 15 is 0 Å². The van der Waals surface area contributed by atoms with Gasteiger partial charge in [0.1, 0.15) is 18.2 Å². The number of nitrogens with one attached hydrogen (secondary N) is 1. The summed E-state index contributed by atoms with van der Waals surface area (Å²) in [5.74, 6) is 0.0131. The van der Waals surface area contributed by atoms with Gasteiger partial charge < -0.3 is 10.1 Å². The van der Waals surface area contributed by atoms with Crippen LogP contribution in [0.3, 0.4) is 0 Å². The summed E-state index contributed by atoms with van der Waals surface area (Å²) in [4.78, 5) is 12.8. The lowest BCUT2D eigenvalue weighted by atomic mass is 10.2. The first kappa shape index (κ1) is 17.2. The van der Waals surface area contributed by atoms with Crippen LogP contribution < -0.4 is 10.1 Å². The summed E-state index contributed by atoms with van der Waals surface area (Å²) in [5.41, 5.74) is 3.15. The maximum absolute atomic E-state index is 13.8. The average Bonchev–Trinajstić information content (AvgIpc) is 3.07. The number of aryl methyl sites for hydroxylation is 2. The number of carbonyl (C=O) groups excluding carboxylic acids is 1. The summed E-state index contributed by atoms with van der Waals surface area (Å²) in [5, 5.41) is 4.49. The highest BCUT2D eigenvalue weighted by Gasteiger charge is 2.12. The number of amides is 1. The van der Waals surface area contributed by atoms with Crippen LogP contribution >= 0.6 is 11.3 Å². The van der Waals surface area contributed by atoms with Crippen LogP contribution in [0.5, 0.6) is 5.75 Å². The number of ether oxygens (including phenoxy) is 1. The van der Waals surface area contributed by atoms with Crippen molar-refractivity contribution < 1.29 is 13.9 Å². The normalized spacial score (nSPS) is 10.5. The molecule has 0 atom stereocenters. The average molecular weight is 355 g/mol. The SMILES string of the molecule is Cc1ccc(OCc2csc(C(=O)Nc3cc(C)ccc3F)c2)cc1. The van der Waals surface area contributed by atoms with Crippen LogP contribution in [-0.2, 0) is 6.61 Å². The van der Waals surface area contributed by atoms with Crippen molar-refractivity contribution in [2.24, 2.45) is 0 Å². The summed E-state index contributed by atoms with van der Waals surface area (Å²) in [7, 11) is 0. The molecule has 0 saturated heterocycles. The molecule has 0 radical (unpaired) electrons. The Morgan fingerprint density at radius 3 is 2.56 bits per heavy atom. The Balaban J connectivity index is 1.63. The summed E-state index contributed by atoms with van der Waals surface area (Å²) < 4.78 is 19.5. The molecule has 0 aliphatic carbocycles. The summed E-state index contributed by atoms with van der Waals surface area (Å²) in [6, 6.07) is 14.2. The lowest BCUT2D eigenvalue weighted by Crippen LogP contribution is -2.11. The number of anilines is 1. The van der Waals surface area contributed by atoms with E-state index in [-0.39, 0.29) is 11.6 Å². The third-order valence-electron chi connectivity index (χ3n) is 3.67. The van der Waals surface area contributed by atoms with E-state index in [1.54, 1.807) is 18.2 Å². The number of rotatable bonds is 5. The zero-order valence-electron chi connectivity index (χ0n) is 14.0. The van der Waals surface area contributed by atoms with E-state index < -0.39 is 5.82 Å². The predicted molar refractivity (Wildman–Crippen MR) is 98.9 cm³/mol. The Labute approximate surface area is 150 Å². The van der Waals surface area contributed by atoms with Gasteiger partial charge in [-0.1, -0.05) is 23.8 Å². The second-order valence-electron chi connectivity index (χ2n) is 5.86. The van der Waals surface area contributed by atoms with E-state index in [1.807, 2.05) is 43.5 Å². The van der Waals surface area contributed by atoms with E-state index in [4.69, 9.17) is 4.74 Å². The van der Waals surface area contributed by atoms with E-state index in [1.165, 1.54) is 23.0 Å². The molecule has 3 nitrogen and oxygen atoms in total. The third kappa shape index (κ3) is 4.45. The van der Waals surface area contributed by atoms with Crippen molar-refractivity contribution in [2.45, 2.75) is 20.5 Å². The van der Waals surface area contributed by atoms with Gasteiger partial charge in [-0.25, -0.2) is 4.39 Å². The molecule has 128 valence electrons. The molecular weight excluding hydrogens is 337 g/mol.